The molecule has 1 heterocycles. The van der Waals surface area contributed by atoms with E-state index in [-0.39, 0.29) is 28.9 Å². The minimum absolute atomic E-state index is 0.0487. The molecule has 1 unspecified atom stereocenters. The van der Waals surface area contributed by atoms with Gasteiger partial charge in [0.15, 0.2) is 0 Å². The molecule has 0 amide bonds. The second kappa shape index (κ2) is 16.5. The number of rotatable bonds is 12. The van der Waals surface area contributed by atoms with Crippen molar-refractivity contribution in [3.8, 4) is 5.88 Å². The SMILES string of the molecule is C=C(C)[C@@H]1CC[C@]2(NCC[C@]3(O)CC[C@H](SC)CC3)CC[C@]3(C)[C@H](CC[C@@H]4[C@@]5(C)CC=C(C6=CCC(COc7ccccn7)(C(=O)OCC)CC6)C(C)(C)[C@@H]5CC[C@]43C)[C@@H]12. The number of aromatic nitrogens is 1. The normalized spacial score (nSPS) is 43.3. The van der Waals surface area contributed by atoms with E-state index in [9.17, 15) is 9.90 Å². The molecule has 7 heteroatoms. The van der Waals surface area contributed by atoms with Crippen molar-refractivity contribution < 1.29 is 19.4 Å². The number of aliphatic hydroxyl groups is 1. The summed E-state index contributed by atoms with van der Waals surface area (Å²) >= 11 is 1.98. The maximum atomic E-state index is 13.6. The van der Waals surface area contributed by atoms with Crippen molar-refractivity contribution in [3.63, 3.8) is 0 Å². The van der Waals surface area contributed by atoms with E-state index in [4.69, 9.17) is 9.47 Å². The zero-order valence-electron chi connectivity index (χ0n) is 38.8. The van der Waals surface area contributed by atoms with E-state index in [1.165, 1.54) is 68.1 Å². The van der Waals surface area contributed by atoms with Gasteiger partial charge in [-0.05, 0) is 204 Å². The van der Waals surface area contributed by atoms with Gasteiger partial charge in [0, 0.05) is 23.1 Å². The highest BCUT2D eigenvalue weighted by atomic mass is 32.2. The molecule has 1 aromatic rings. The number of hydrogen-bond acceptors (Lipinski definition) is 7. The van der Waals surface area contributed by atoms with Crippen LogP contribution in [0.5, 0.6) is 5.88 Å². The molecule has 2 N–H and O–H groups in total. The number of hydrogen-bond donors (Lipinski definition) is 2. The number of nitrogens with one attached hydrogen (secondary N) is 1. The lowest BCUT2D eigenvalue weighted by Crippen LogP contribution is -2.68. The van der Waals surface area contributed by atoms with Crippen LogP contribution in [0.3, 0.4) is 0 Å². The Bertz CT molecular complexity index is 1820. The molecule has 5 fully saturated rings. The molecule has 0 spiro atoms. The van der Waals surface area contributed by atoms with Crippen molar-refractivity contribution in [2.45, 2.75) is 174 Å². The van der Waals surface area contributed by atoms with Crippen LogP contribution in [0.2, 0.25) is 0 Å². The lowest BCUT2D eigenvalue weighted by atomic mass is 9.33. The van der Waals surface area contributed by atoms with E-state index in [2.05, 4.69) is 76.8 Å². The molecular formula is C53H80N2O4S. The number of ether oxygens (including phenoxy) is 2. The van der Waals surface area contributed by atoms with Gasteiger partial charge < -0.3 is 19.9 Å². The predicted octanol–water partition coefficient (Wildman–Crippen LogP) is 12.1. The number of thioether (sulfide) groups is 1. The van der Waals surface area contributed by atoms with E-state index < -0.39 is 11.0 Å². The number of carbonyl (C=O) groups is 1. The molecule has 5 saturated carbocycles. The Morgan fingerprint density at radius 2 is 1.70 bits per heavy atom. The highest BCUT2D eigenvalue weighted by Crippen LogP contribution is 2.76. The van der Waals surface area contributed by atoms with E-state index in [1.807, 2.05) is 36.9 Å². The Morgan fingerprint density at radius 3 is 2.37 bits per heavy atom. The first-order valence-corrected chi connectivity index (χ1v) is 25.6. The molecule has 7 aliphatic rings. The van der Waals surface area contributed by atoms with Crippen LogP contribution < -0.4 is 10.1 Å². The summed E-state index contributed by atoms with van der Waals surface area (Å²) in [6, 6.07) is 5.66. The predicted molar refractivity (Wildman–Crippen MR) is 247 cm³/mol. The lowest BCUT2D eigenvalue weighted by molar-refractivity contribution is -0.221. The standard InChI is InChI=1S/C53H80N2O4S/c1-10-58-46(56)51(35-59-44-13-11-12-33-54-44)25-16-37(17-26-51)40-21-23-48(6)42(47(40,4)5)22-24-50(8)43(48)15-14-41-45-39(36(2)3)20-29-53(45,31-30-49(41,50)7)55-34-32-52(57)27-18-38(60-9)19-28-52/h11-13,16,21,33,38-39,41-43,45,55,57H,2,10,14-15,17-20,22-32,34-35H2,1,3-9H3/t38-,39-,41+,42-,43+,45+,48-,49+,50+,51?,52-,53-/m0/s1. The molecule has 8 rings (SSSR count). The maximum Gasteiger partial charge on any atom is 0.315 e. The van der Waals surface area contributed by atoms with Gasteiger partial charge in [-0.1, -0.05) is 65.0 Å². The first-order chi connectivity index (χ1) is 28.5. The fraction of sp³-hybridized carbons (Fsp3) is 0.774. The van der Waals surface area contributed by atoms with Crippen LogP contribution >= 0.6 is 11.8 Å². The third-order valence-corrected chi connectivity index (χ3v) is 20.8. The quantitative estimate of drug-likeness (QED) is 0.160. The number of nitrogens with zero attached hydrogens (tertiary/aromatic N) is 1. The van der Waals surface area contributed by atoms with Crippen molar-refractivity contribution in [3.05, 3.63) is 59.8 Å². The van der Waals surface area contributed by atoms with Crippen LogP contribution in [0.25, 0.3) is 0 Å². The topological polar surface area (TPSA) is 80.7 Å². The average Bonchev–Trinajstić information content (AvgIpc) is 3.61. The molecule has 6 nitrogen and oxygen atoms in total. The van der Waals surface area contributed by atoms with Gasteiger partial charge in [-0.25, -0.2) is 4.98 Å². The second-order valence-electron chi connectivity index (χ2n) is 22.6. The molecule has 7 aliphatic carbocycles. The van der Waals surface area contributed by atoms with Crippen molar-refractivity contribution in [1.29, 1.82) is 0 Å². The van der Waals surface area contributed by atoms with Gasteiger partial charge in [-0.3, -0.25) is 4.79 Å². The summed E-state index contributed by atoms with van der Waals surface area (Å²) in [6.07, 6.45) is 27.8. The third kappa shape index (κ3) is 7.30. The summed E-state index contributed by atoms with van der Waals surface area (Å²) in [5.74, 6) is 3.62. The first kappa shape index (κ1) is 44.5. The molecule has 0 radical (unpaired) electrons. The van der Waals surface area contributed by atoms with Crippen LogP contribution in [0.1, 0.15) is 158 Å². The number of allylic oxidation sites excluding steroid dienone is 5. The van der Waals surface area contributed by atoms with Gasteiger partial charge >= 0.3 is 5.97 Å². The van der Waals surface area contributed by atoms with Gasteiger partial charge in [-0.15, -0.1) is 0 Å². The summed E-state index contributed by atoms with van der Waals surface area (Å²) in [7, 11) is 0. The van der Waals surface area contributed by atoms with Crippen molar-refractivity contribution in [2.24, 2.45) is 56.7 Å². The van der Waals surface area contributed by atoms with Crippen LogP contribution in [0.15, 0.2) is 59.8 Å². The summed E-state index contributed by atoms with van der Waals surface area (Å²) in [6.45, 7) is 23.8. The summed E-state index contributed by atoms with van der Waals surface area (Å²) in [4.78, 5) is 17.9. The van der Waals surface area contributed by atoms with Crippen LogP contribution in [0.4, 0.5) is 0 Å². The zero-order chi connectivity index (χ0) is 42.8. The van der Waals surface area contributed by atoms with E-state index in [0.717, 1.165) is 57.9 Å². The summed E-state index contributed by atoms with van der Waals surface area (Å²) < 4.78 is 11.8. The van der Waals surface area contributed by atoms with Gasteiger partial charge in [0.1, 0.15) is 12.0 Å². The molecule has 10 atom stereocenters. The van der Waals surface area contributed by atoms with Crippen molar-refractivity contribution >= 4 is 17.7 Å². The molecule has 1 aromatic heterocycles. The molecule has 0 aliphatic heterocycles. The Hall–Kier alpha value is -2.09. The number of esters is 1. The molecule has 60 heavy (non-hydrogen) atoms. The van der Waals surface area contributed by atoms with E-state index >= 15 is 0 Å². The largest absolute Gasteiger partial charge is 0.476 e. The fourth-order valence-corrected chi connectivity index (χ4v) is 16.9. The van der Waals surface area contributed by atoms with Crippen molar-refractivity contribution in [2.75, 3.05) is 26.0 Å². The Kier molecular flexibility index (Phi) is 12.2. The number of pyridine rings is 1. The second-order valence-corrected chi connectivity index (χ2v) is 23.8. The van der Waals surface area contributed by atoms with Crippen LogP contribution in [-0.4, -0.2) is 58.5 Å². The molecular weight excluding hydrogens is 761 g/mol. The average molecular weight is 841 g/mol. The van der Waals surface area contributed by atoms with Gasteiger partial charge in [0.2, 0.25) is 5.88 Å². The monoisotopic (exact) mass is 841 g/mol. The van der Waals surface area contributed by atoms with Gasteiger partial charge in [0.05, 0.1) is 12.2 Å². The third-order valence-electron chi connectivity index (χ3n) is 19.7. The Balaban J connectivity index is 1.01. The van der Waals surface area contributed by atoms with E-state index in [0.29, 0.717) is 64.6 Å². The fourth-order valence-electron chi connectivity index (χ4n) is 16.2. The highest BCUT2D eigenvalue weighted by Gasteiger charge is 2.70. The molecule has 0 bridgehead atoms. The Labute approximate surface area is 368 Å². The summed E-state index contributed by atoms with van der Waals surface area (Å²) in [5.41, 5.74) is 4.21. The first-order valence-electron chi connectivity index (χ1n) is 24.3. The van der Waals surface area contributed by atoms with Gasteiger partial charge in [0.25, 0.3) is 0 Å². The summed E-state index contributed by atoms with van der Waals surface area (Å²) in [5, 5.41) is 16.7. The molecule has 0 saturated heterocycles. The van der Waals surface area contributed by atoms with Gasteiger partial charge in [-0.2, -0.15) is 11.8 Å². The molecule has 332 valence electrons. The number of carbonyl (C=O) groups excluding carboxylic acids is 1. The minimum Gasteiger partial charge on any atom is -0.476 e. The van der Waals surface area contributed by atoms with E-state index in [1.54, 1.807) is 6.20 Å². The Morgan fingerprint density at radius 1 is 0.917 bits per heavy atom. The zero-order valence-corrected chi connectivity index (χ0v) is 39.6. The molecule has 0 aromatic carbocycles. The van der Waals surface area contributed by atoms with Crippen LogP contribution in [0, 0.1) is 56.7 Å². The highest BCUT2D eigenvalue weighted by molar-refractivity contribution is 7.99. The van der Waals surface area contributed by atoms with Crippen molar-refractivity contribution in [1.82, 2.24) is 10.3 Å². The van der Waals surface area contributed by atoms with Crippen LogP contribution in [-0.2, 0) is 9.53 Å². The smallest absolute Gasteiger partial charge is 0.315 e. The lowest BCUT2D eigenvalue weighted by Gasteiger charge is -2.72. The minimum atomic E-state index is -0.699. The number of fused-ring (bicyclic) bond motifs is 7. The maximum absolute atomic E-state index is 13.6.